The van der Waals surface area contributed by atoms with Crippen LogP contribution in [-0.2, 0) is 0 Å². The van der Waals surface area contributed by atoms with Crippen LogP contribution in [0, 0.1) is 0 Å². The summed E-state index contributed by atoms with van der Waals surface area (Å²) >= 11 is 0. The minimum absolute atomic E-state index is 0.0772. The Kier molecular flexibility index (Phi) is 3.51. The second-order valence-corrected chi connectivity index (χ2v) is 3.76. The van der Waals surface area contributed by atoms with Crippen molar-refractivity contribution in [1.82, 2.24) is 4.98 Å². The zero-order valence-electron chi connectivity index (χ0n) is 10.3. The molecule has 0 saturated carbocycles. The molecule has 2 aromatic rings. The van der Waals surface area contributed by atoms with Crippen molar-refractivity contribution >= 4 is 23.2 Å². The van der Waals surface area contributed by atoms with Crippen molar-refractivity contribution in [3.63, 3.8) is 0 Å². The maximum atomic E-state index is 10.9. The molecule has 0 atom stereocenters. The highest BCUT2D eigenvalue weighted by atomic mass is 16.5. The van der Waals surface area contributed by atoms with Crippen molar-refractivity contribution < 1.29 is 14.6 Å². The summed E-state index contributed by atoms with van der Waals surface area (Å²) in [7, 11) is 1.55. The van der Waals surface area contributed by atoms with Gasteiger partial charge >= 0.3 is 5.97 Å². The molecule has 1 aromatic heterocycles. The van der Waals surface area contributed by atoms with E-state index in [1.54, 1.807) is 19.2 Å². The summed E-state index contributed by atoms with van der Waals surface area (Å²) in [5.74, 6) is -0.211. The molecule has 0 radical (unpaired) electrons. The van der Waals surface area contributed by atoms with Crippen LogP contribution in [0.5, 0.6) is 5.75 Å². The average Bonchev–Trinajstić information content (AvgIpc) is 2.41. The van der Waals surface area contributed by atoms with Gasteiger partial charge in [0.25, 0.3) is 0 Å². The lowest BCUT2D eigenvalue weighted by molar-refractivity contribution is 0.0690. The Morgan fingerprint density at radius 3 is 2.74 bits per heavy atom. The number of carboxylic acid groups (broad SMARTS) is 1. The molecule has 0 unspecified atom stereocenters. The van der Waals surface area contributed by atoms with Crippen LogP contribution in [0.3, 0.4) is 0 Å². The fourth-order valence-corrected chi connectivity index (χ4v) is 1.56. The average molecular weight is 259 g/mol. The number of hydrogen-bond acceptors (Lipinski definition) is 5. The molecule has 0 amide bonds. The number of para-hydroxylation sites is 2. The fraction of sp³-hybridized carbons (Fsp3) is 0.0769. The van der Waals surface area contributed by atoms with Crippen molar-refractivity contribution in [1.29, 1.82) is 0 Å². The van der Waals surface area contributed by atoms with E-state index in [4.69, 9.17) is 15.6 Å². The predicted octanol–water partition coefficient (Wildman–Crippen LogP) is 2.11. The molecule has 0 aliphatic carbocycles. The zero-order valence-corrected chi connectivity index (χ0v) is 10.3. The molecule has 0 saturated heterocycles. The van der Waals surface area contributed by atoms with Gasteiger partial charge in [0, 0.05) is 0 Å². The number of aromatic nitrogens is 1. The summed E-state index contributed by atoms with van der Waals surface area (Å²) in [5, 5.41) is 11.9. The van der Waals surface area contributed by atoms with Crippen LogP contribution in [0.4, 0.5) is 17.2 Å². The second kappa shape index (κ2) is 5.26. The molecule has 0 aliphatic rings. The number of rotatable bonds is 4. The number of pyridine rings is 1. The maximum absolute atomic E-state index is 10.9. The molecule has 6 nitrogen and oxygen atoms in total. The fourth-order valence-electron chi connectivity index (χ4n) is 1.56. The van der Waals surface area contributed by atoms with Crippen molar-refractivity contribution in [2.75, 3.05) is 18.2 Å². The van der Waals surface area contributed by atoms with Crippen LogP contribution in [0.2, 0.25) is 0 Å². The van der Waals surface area contributed by atoms with E-state index in [0.717, 1.165) is 0 Å². The van der Waals surface area contributed by atoms with E-state index in [2.05, 4.69) is 10.3 Å². The number of carboxylic acids is 1. The highest BCUT2D eigenvalue weighted by Crippen LogP contribution is 2.28. The number of anilines is 3. The summed E-state index contributed by atoms with van der Waals surface area (Å²) in [6.07, 6.45) is 0. The van der Waals surface area contributed by atoms with Crippen molar-refractivity contribution in [2.45, 2.75) is 0 Å². The van der Waals surface area contributed by atoms with Crippen molar-refractivity contribution in [2.24, 2.45) is 0 Å². The quantitative estimate of drug-likeness (QED) is 0.778. The molecule has 0 spiro atoms. The molecule has 6 heteroatoms. The van der Waals surface area contributed by atoms with E-state index in [9.17, 15) is 4.79 Å². The number of aromatic carboxylic acids is 1. The predicted molar refractivity (Wildman–Crippen MR) is 71.9 cm³/mol. The molecule has 0 bridgehead atoms. The highest BCUT2D eigenvalue weighted by molar-refractivity contribution is 5.87. The Morgan fingerprint density at radius 1 is 1.32 bits per heavy atom. The van der Waals surface area contributed by atoms with Gasteiger partial charge in [-0.25, -0.2) is 9.78 Å². The number of nitrogens with one attached hydrogen (secondary N) is 1. The van der Waals surface area contributed by atoms with E-state index in [1.807, 2.05) is 12.1 Å². The third-order valence-electron chi connectivity index (χ3n) is 2.51. The second-order valence-electron chi connectivity index (χ2n) is 3.76. The maximum Gasteiger partial charge on any atom is 0.354 e. The van der Waals surface area contributed by atoms with Crippen LogP contribution in [-0.4, -0.2) is 23.2 Å². The Balaban J connectivity index is 2.37. The normalized spacial score (nSPS) is 9.95. The molecule has 19 heavy (non-hydrogen) atoms. The van der Waals surface area contributed by atoms with Gasteiger partial charge in [-0.1, -0.05) is 12.1 Å². The molecular formula is C13H13N3O3. The number of methoxy groups -OCH3 is 1. The Morgan fingerprint density at radius 2 is 2.05 bits per heavy atom. The topological polar surface area (TPSA) is 97.5 Å². The lowest BCUT2D eigenvalue weighted by atomic mass is 10.2. The lowest BCUT2D eigenvalue weighted by Gasteiger charge is -2.12. The Hall–Kier alpha value is -2.76. The zero-order chi connectivity index (χ0) is 13.8. The van der Waals surface area contributed by atoms with Gasteiger partial charge in [-0.15, -0.1) is 0 Å². The highest BCUT2D eigenvalue weighted by Gasteiger charge is 2.10. The number of nitrogens with two attached hydrogens (primary N) is 1. The summed E-state index contributed by atoms with van der Waals surface area (Å²) in [6.45, 7) is 0. The molecule has 0 aliphatic heterocycles. The molecule has 98 valence electrons. The standard InChI is InChI=1S/C13H13N3O3/c1-19-11-5-3-2-4-9(11)15-12-8(14)6-7-10(16-12)13(17)18/h2-7H,14H2,1H3,(H,15,16)(H,17,18). The monoisotopic (exact) mass is 259 g/mol. The number of ether oxygens (including phenoxy) is 1. The molecule has 1 heterocycles. The number of hydrogen-bond donors (Lipinski definition) is 3. The van der Waals surface area contributed by atoms with Gasteiger partial charge in [-0.2, -0.15) is 0 Å². The lowest BCUT2D eigenvalue weighted by Crippen LogP contribution is -2.06. The molecule has 2 rings (SSSR count). The third-order valence-corrected chi connectivity index (χ3v) is 2.51. The summed E-state index contributed by atoms with van der Waals surface area (Å²) in [6, 6.07) is 10.1. The Labute approximate surface area is 109 Å². The summed E-state index contributed by atoms with van der Waals surface area (Å²) < 4.78 is 5.19. The first kappa shape index (κ1) is 12.7. The van der Waals surface area contributed by atoms with E-state index < -0.39 is 5.97 Å². The summed E-state index contributed by atoms with van der Waals surface area (Å²) in [4.78, 5) is 14.8. The first-order chi connectivity index (χ1) is 9.11. The first-order valence-corrected chi connectivity index (χ1v) is 5.51. The third kappa shape index (κ3) is 2.74. The number of nitrogen functional groups attached to an aromatic ring is 1. The van der Waals surface area contributed by atoms with E-state index in [1.165, 1.54) is 12.1 Å². The van der Waals surface area contributed by atoms with Gasteiger partial charge in [0.05, 0.1) is 18.5 Å². The van der Waals surface area contributed by atoms with E-state index >= 15 is 0 Å². The summed E-state index contributed by atoms with van der Waals surface area (Å²) in [5.41, 5.74) is 6.71. The van der Waals surface area contributed by atoms with E-state index in [0.29, 0.717) is 17.1 Å². The van der Waals surface area contributed by atoms with Crippen LogP contribution in [0.15, 0.2) is 36.4 Å². The van der Waals surface area contributed by atoms with Gasteiger partial charge in [0.2, 0.25) is 0 Å². The number of benzene rings is 1. The Bertz CT molecular complexity index is 614. The molecule has 4 N–H and O–H groups in total. The van der Waals surface area contributed by atoms with E-state index in [-0.39, 0.29) is 11.5 Å². The molecule has 0 fully saturated rings. The van der Waals surface area contributed by atoms with Crippen LogP contribution >= 0.6 is 0 Å². The van der Waals surface area contributed by atoms with Crippen LogP contribution in [0.1, 0.15) is 10.5 Å². The first-order valence-electron chi connectivity index (χ1n) is 5.51. The number of nitrogens with zero attached hydrogens (tertiary/aromatic N) is 1. The van der Waals surface area contributed by atoms with Gasteiger partial charge in [0.1, 0.15) is 5.75 Å². The number of carbonyl (C=O) groups is 1. The molecule has 1 aromatic carbocycles. The van der Waals surface area contributed by atoms with Crippen LogP contribution < -0.4 is 15.8 Å². The van der Waals surface area contributed by atoms with Gasteiger partial charge in [-0.3, -0.25) is 0 Å². The van der Waals surface area contributed by atoms with Gasteiger partial charge in [-0.05, 0) is 24.3 Å². The SMILES string of the molecule is COc1ccccc1Nc1nc(C(=O)O)ccc1N. The smallest absolute Gasteiger partial charge is 0.354 e. The minimum atomic E-state index is -1.11. The molecular weight excluding hydrogens is 246 g/mol. The van der Waals surface area contributed by atoms with Gasteiger partial charge < -0.3 is 20.9 Å². The van der Waals surface area contributed by atoms with Crippen molar-refractivity contribution in [3.05, 3.63) is 42.1 Å². The minimum Gasteiger partial charge on any atom is -0.495 e. The van der Waals surface area contributed by atoms with Crippen LogP contribution in [0.25, 0.3) is 0 Å². The van der Waals surface area contributed by atoms with Gasteiger partial charge in [0.15, 0.2) is 11.5 Å². The largest absolute Gasteiger partial charge is 0.495 e. The van der Waals surface area contributed by atoms with Crippen molar-refractivity contribution in [3.8, 4) is 5.75 Å².